The first-order valence-electron chi connectivity index (χ1n) is 11.9. The summed E-state index contributed by atoms with van der Waals surface area (Å²) in [6, 6.07) is 24.3. The summed E-state index contributed by atoms with van der Waals surface area (Å²) in [6.45, 7) is 5.35. The summed E-state index contributed by atoms with van der Waals surface area (Å²) in [7, 11) is -2.06. The van der Waals surface area contributed by atoms with Crippen LogP contribution in [0.3, 0.4) is 0 Å². The van der Waals surface area contributed by atoms with E-state index in [-0.39, 0.29) is 16.9 Å². The van der Waals surface area contributed by atoms with Gasteiger partial charge in [-0.05, 0) is 66.3 Å². The van der Waals surface area contributed by atoms with Crippen molar-refractivity contribution < 1.29 is 17.9 Å². The highest BCUT2D eigenvalue weighted by Crippen LogP contribution is 2.21. The van der Waals surface area contributed by atoms with E-state index in [0.717, 1.165) is 16.9 Å². The second-order valence-electron chi connectivity index (χ2n) is 9.10. The lowest BCUT2D eigenvalue weighted by Crippen LogP contribution is -2.38. The van der Waals surface area contributed by atoms with Crippen molar-refractivity contribution in [1.29, 1.82) is 0 Å². The Morgan fingerprint density at radius 1 is 0.857 bits per heavy atom. The first kappa shape index (κ1) is 26.7. The zero-order valence-electron chi connectivity index (χ0n) is 20.8. The normalized spacial score (nSPS) is 12.6. The van der Waals surface area contributed by atoms with Crippen molar-refractivity contribution in [3.05, 3.63) is 90.0 Å². The number of hydrogen-bond donors (Lipinski definition) is 1. The quantitative estimate of drug-likeness (QED) is 0.365. The van der Waals surface area contributed by atoms with Crippen LogP contribution in [0.15, 0.2) is 83.8 Å². The molecule has 2 N–H and O–H groups in total. The molecule has 0 aliphatic heterocycles. The summed E-state index contributed by atoms with van der Waals surface area (Å²) in [5, 5.41) is 0. The molecule has 0 radical (unpaired) electrons. The second kappa shape index (κ2) is 12.7. The van der Waals surface area contributed by atoms with Gasteiger partial charge in [0.25, 0.3) is 0 Å². The molecular weight excluding hydrogens is 460 g/mol. The van der Waals surface area contributed by atoms with Crippen molar-refractivity contribution in [2.75, 3.05) is 20.2 Å². The highest BCUT2D eigenvalue weighted by atomic mass is 32.2. The van der Waals surface area contributed by atoms with Gasteiger partial charge in [-0.1, -0.05) is 56.3 Å². The van der Waals surface area contributed by atoms with Gasteiger partial charge in [-0.3, -0.25) is 0 Å². The Bertz CT molecular complexity index is 1130. The highest BCUT2D eigenvalue weighted by Gasteiger charge is 2.25. The molecule has 3 rings (SSSR count). The monoisotopic (exact) mass is 496 g/mol. The van der Waals surface area contributed by atoms with Gasteiger partial charge in [-0.25, -0.2) is 8.42 Å². The fourth-order valence-electron chi connectivity index (χ4n) is 3.79. The molecule has 0 heterocycles. The van der Waals surface area contributed by atoms with Crippen molar-refractivity contribution in [3.63, 3.8) is 0 Å². The smallest absolute Gasteiger partial charge is 0.243 e. The van der Waals surface area contributed by atoms with Crippen LogP contribution >= 0.6 is 0 Å². The minimum absolute atomic E-state index is 0.160. The van der Waals surface area contributed by atoms with Crippen LogP contribution in [0, 0.1) is 5.92 Å². The molecule has 0 fully saturated rings. The molecule has 0 saturated heterocycles. The van der Waals surface area contributed by atoms with E-state index in [1.807, 2.05) is 68.4 Å². The summed E-state index contributed by atoms with van der Waals surface area (Å²) in [5.41, 5.74) is 8.62. The SMILES string of the molecule is COc1ccc(S(=O)(=O)N(CC[C@@H](N)Cc2ccc(OCc3ccccc3)cc2)CC(C)C)cc1. The van der Waals surface area contributed by atoms with E-state index in [2.05, 4.69) is 0 Å². The third kappa shape index (κ3) is 8.09. The Morgan fingerprint density at radius 3 is 2.09 bits per heavy atom. The largest absolute Gasteiger partial charge is 0.497 e. The first-order valence-corrected chi connectivity index (χ1v) is 13.4. The molecule has 1 atom stereocenters. The fourth-order valence-corrected chi connectivity index (χ4v) is 5.41. The summed E-state index contributed by atoms with van der Waals surface area (Å²) in [4.78, 5) is 0.263. The maximum absolute atomic E-state index is 13.3. The van der Waals surface area contributed by atoms with Crippen LogP contribution in [0.1, 0.15) is 31.4 Å². The molecule has 0 saturated carbocycles. The number of sulfonamides is 1. The van der Waals surface area contributed by atoms with Crippen LogP contribution < -0.4 is 15.2 Å². The molecule has 0 bridgehead atoms. The van der Waals surface area contributed by atoms with Gasteiger partial charge in [-0.15, -0.1) is 0 Å². The van der Waals surface area contributed by atoms with E-state index in [0.29, 0.717) is 38.3 Å². The number of nitrogens with zero attached hydrogens (tertiary/aromatic N) is 1. The Kier molecular flexibility index (Phi) is 9.72. The standard InChI is InChI=1S/C28H36N2O4S/c1-22(2)20-30(35(31,32)28-15-13-26(33-3)14-16-28)18-17-25(29)19-23-9-11-27(12-10-23)34-21-24-7-5-4-6-8-24/h4-16,22,25H,17-21,29H2,1-3H3/t25-/m1/s1. The molecule has 0 unspecified atom stereocenters. The Labute approximate surface area is 209 Å². The van der Waals surface area contributed by atoms with Crippen molar-refractivity contribution in [2.24, 2.45) is 11.7 Å². The van der Waals surface area contributed by atoms with Crippen molar-refractivity contribution in [3.8, 4) is 11.5 Å². The fraction of sp³-hybridized carbons (Fsp3) is 0.357. The van der Waals surface area contributed by atoms with Crippen molar-refractivity contribution >= 4 is 10.0 Å². The first-order chi connectivity index (χ1) is 16.8. The molecule has 0 amide bonds. The van der Waals surface area contributed by atoms with Crippen LogP contribution in [-0.4, -0.2) is 39.0 Å². The van der Waals surface area contributed by atoms with Crippen LogP contribution in [0.4, 0.5) is 0 Å². The van der Waals surface area contributed by atoms with E-state index in [1.165, 1.54) is 0 Å². The molecule has 35 heavy (non-hydrogen) atoms. The van der Waals surface area contributed by atoms with Gasteiger partial charge in [-0.2, -0.15) is 4.31 Å². The summed E-state index contributed by atoms with van der Waals surface area (Å²) in [5.74, 6) is 1.63. The van der Waals surface area contributed by atoms with Crippen LogP contribution in [0.2, 0.25) is 0 Å². The molecule has 188 valence electrons. The molecule has 0 aliphatic rings. The second-order valence-corrected chi connectivity index (χ2v) is 11.0. The third-order valence-corrected chi connectivity index (χ3v) is 7.56. The molecule has 0 spiro atoms. The summed E-state index contributed by atoms with van der Waals surface area (Å²) >= 11 is 0. The minimum atomic E-state index is -3.62. The molecular formula is C28H36N2O4S. The van der Waals surface area contributed by atoms with E-state index < -0.39 is 10.0 Å². The molecule has 6 nitrogen and oxygen atoms in total. The molecule has 7 heteroatoms. The topological polar surface area (TPSA) is 81.9 Å². The van der Waals surface area contributed by atoms with Crippen molar-refractivity contribution in [1.82, 2.24) is 4.31 Å². The van der Waals surface area contributed by atoms with E-state index in [1.54, 1.807) is 35.7 Å². The predicted molar refractivity (Wildman–Crippen MR) is 140 cm³/mol. The van der Waals surface area contributed by atoms with E-state index in [4.69, 9.17) is 15.2 Å². The molecule has 0 aliphatic carbocycles. The lowest BCUT2D eigenvalue weighted by molar-refractivity contribution is 0.306. The Balaban J connectivity index is 1.56. The Morgan fingerprint density at radius 2 is 1.49 bits per heavy atom. The zero-order valence-corrected chi connectivity index (χ0v) is 21.6. The minimum Gasteiger partial charge on any atom is -0.497 e. The zero-order chi connectivity index (χ0) is 25.3. The van der Waals surface area contributed by atoms with Gasteiger partial charge >= 0.3 is 0 Å². The van der Waals surface area contributed by atoms with Gasteiger partial charge in [0.15, 0.2) is 0 Å². The van der Waals surface area contributed by atoms with Gasteiger partial charge in [0.2, 0.25) is 10.0 Å². The average Bonchev–Trinajstić information content (AvgIpc) is 2.86. The maximum atomic E-state index is 13.3. The van der Waals surface area contributed by atoms with E-state index >= 15 is 0 Å². The molecule has 3 aromatic carbocycles. The number of rotatable bonds is 13. The maximum Gasteiger partial charge on any atom is 0.243 e. The summed E-state index contributed by atoms with van der Waals surface area (Å²) in [6.07, 6.45) is 1.23. The van der Waals surface area contributed by atoms with Crippen molar-refractivity contribution in [2.45, 2.75) is 44.2 Å². The van der Waals surface area contributed by atoms with Gasteiger partial charge < -0.3 is 15.2 Å². The average molecular weight is 497 g/mol. The van der Waals surface area contributed by atoms with Crippen LogP contribution in [0.25, 0.3) is 0 Å². The Hall–Kier alpha value is -2.87. The number of ether oxygens (including phenoxy) is 2. The van der Waals surface area contributed by atoms with Gasteiger partial charge in [0.05, 0.1) is 12.0 Å². The van der Waals surface area contributed by atoms with Gasteiger partial charge in [0.1, 0.15) is 18.1 Å². The van der Waals surface area contributed by atoms with Crippen LogP contribution in [0.5, 0.6) is 11.5 Å². The van der Waals surface area contributed by atoms with Gasteiger partial charge in [0, 0.05) is 19.1 Å². The van der Waals surface area contributed by atoms with E-state index in [9.17, 15) is 8.42 Å². The lowest BCUT2D eigenvalue weighted by atomic mass is 10.0. The predicted octanol–water partition coefficient (Wildman–Crippen LogP) is 4.88. The highest BCUT2D eigenvalue weighted by molar-refractivity contribution is 7.89. The lowest BCUT2D eigenvalue weighted by Gasteiger charge is -2.25. The number of benzene rings is 3. The number of hydrogen-bond acceptors (Lipinski definition) is 5. The number of nitrogens with two attached hydrogens (primary N) is 1. The number of methoxy groups -OCH3 is 1. The molecule has 3 aromatic rings. The van der Waals surface area contributed by atoms with Crippen LogP contribution in [-0.2, 0) is 23.1 Å². The third-order valence-electron chi connectivity index (χ3n) is 5.68. The summed E-state index contributed by atoms with van der Waals surface area (Å²) < 4.78 is 39.1. The molecule has 0 aromatic heterocycles.